The van der Waals surface area contributed by atoms with Crippen molar-refractivity contribution in [3.63, 3.8) is 0 Å². The second kappa shape index (κ2) is 9.67. The lowest BCUT2D eigenvalue weighted by Crippen LogP contribution is -2.22. The summed E-state index contributed by atoms with van der Waals surface area (Å²) in [6.07, 6.45) is 5.48. The van der Waals surface area contributed by atoms with Crippen LogP contribution in [-0.2, 0) is 17.9 Å². The number of hydrogen-bond acceptors (Lipinski definition) is 3. The third kappa shape index (κ3) is 5.93. The van der Waals surface area contributed by atoms with Crippen LogP contribution in [0.3, 0.4) is 0 Å². The standard InChI is InChI=1S/C19H17Cl3N2OS/c20-15-3-5-18(6-4-15)26-12-17(10-24-8-7-23-13-24)25-11-14-1-2-16(21)9-19(14)22/h1-9,13,17H,10-12H2. The Morgan fingerprint density at radius 3 is 2.50 bits per heavy atom. The normalized spacial score (nSPS) is 12.3. The van der Waals surface area contributed by atoms with Crippen molar-refractivity contribution in [2.45, 2.75) is 24.2 Å². The van der Waals surface area contributed by atoms with E-state index in [1.807, 2.05) is 47.2 Å². The lowest BCUT2D eigenvalue weighted by atomic mass is 10.2. The molecule has 1 aromatic heterocycles. The molecule has 26 heavy (non-hydrogen) atoms. The monoisotopic (exact) mass is 426 g/mol. The average molecular weight is 428 g/mol. The van der Waals surface area contributed by atoms with Gasteiger partial charge in [0.25, 0.3) is 0 Å². The summed E-state index contributed by atoms with van der Waals surface area (Å²) in [6.45, 7) is 1.14. The first-order valence-electron chi connectivity index (χ1n) is 8.00. The maximum Gasteiger partial charge on any atom is 0.0946 e. The quantitative estimate of drug-likeness (QED) is 0.399. The van der Waals surface area contributed by atoms with Gasteiger partial charge in [0.05, 0.1) is 25.6 Å². The van der Waals surface area contributed by atoms with Crippen LogP contribution >= 0.6 is 46.6 Å². The fourth-order valence-electron chi connectivity index (χ4n) is 2.35. The van der Waals surface area contributed by atoms with Crippen LogP contribution in [0, 0.1) is 0 Å². The summed E-state index contributed by atoms with van der Waals surface area (Å²) in [4.78, 5) is 5.25. The van der Waals surface area contributed by atoms with Crippen molar-refractivity contribution < 1.29 is 4.74 Å². The maximum absolute atomic E-state index is 6.25. The Bertz CT molecular complexity index is 825. The number of nitrogens with zero attached hydrogens (tertiary/aromatic N) is 2. The molecule has 3 rings (SSSR count). The molecule has 0 spiro atoms. The molecule has 0 bridgehead atoms. The smallest absolute Gasteiger partial charge is 0.0946 e. The van der Waals surface area contributed by atoms with Crippen molar-refractivity contribution in [2.75, 3.05) is 5.75 Å². The van der Waals surface area contributed by atoms with Gasteiger partial charge in [-0.05, 0) is 42.0 Å². The van der Waals surface area contributed by atoms with Crippen molar-refractivity contribution in [1.82, 2.24) is 9.55 Å². The summed E-state index contributed by atoms with van der Waals surface area (Å²) >= 11 is 19.9. The fraction of sp³-hybridized carbons (Fsp3) is 0.211. The third-order valence-electron chi connectivity index (χ3n) is 3.71. The molecule has 1 unspecified atom stereocenters. The lowest BCUT2D eigenvalue weighted by Gasteiger charge is -2.19. The highest BCUT2D eigenvalue weighted by atomic mass is 35.5. The van der Waals surface area contributed by atoms with Gasteiger partial charge in [0, 0.05) is 38.1 Å². The number of thioether (sulfide) groups is 1. The van der Waals surface area contributed by atoms with Gasteiger partial charge in [-0.15, -0.1) is 11.8 Å². The second-order valence-electron chi connectivity index (χ2n) is 5.69. The summed E-state index contributed by atoms with van der Waals surface area (Å²) in [7, 11) is 0. The predicted molar refractivity (Wildman–Crippen MR) is 109 cm³/mol. The van der Waals surface area contributed by atoms with Crippen molar-refractivity contribution in [3.8, 4) is 0 Å². The Morgan fingerprint density at radius 1 is 1.04 bits per heavy atom. The highest BCUT2D eigenvalue weighted by Gasteiger charge is 2.13. The predicted octanol–water partition coefficient (Wildman–Crippen LogP) is 6.22. The molecule has 1 heterocycles. The molecule has 0 N–H and O–H groups in total. The van der Waals surface area contributed by atoms with E-state index >= 15 is 0 Å². The minimum absolute atomic E-state index is 0.00313. The number of hydrogen-bond donors (Lipinski definition) is 0. The van der Waals surface area contributed by atoms with E-state index < -0.39 is 0 Å². The Balaban J connectivity index is 1.63. The van der Waals surface area contributed by atoms with Gasteiger partial charge < -0.3 is 9.30 Å². The van der Waals surface area contributed by atoms with E-state index in [1.165, 1.54) is 0 Å². The maximum atomic E-state index is 6.25. The summed E-state index contributed by atoms with van der Waals surface area (Å²) in [5.74, 6) is 0.797. The van der Waals surface area contributed by atoms with Crippen LogP contribution in [0.2, 0.25) is 15.1 Å². The molecule has 0 fully saturated rings. The van der Waals surface area contributed by atoms with Gasteiger partial charge in [0.1, 0.15) is 0 Å². The zero-order valence-electron chi connectivity index (χ0n) is 13.8. The molecule has 7 heteroatoms. The molecule has 3 aromatic rings. The molecular formula is C19H17Cl3N2OS. The summed E-state index contributed by atoms with van der Waals surface area (Å²) < 4.78 is 8.16. The van der Waals surface area contributed by atoms with Crippen LogP contribution in [0.15, 0.2) is 66.1 Å². The Morgan fingerprint density at radius 2 is 1.81 bits per heavy atom. The molecular weight excluding hydrogens is 411 g/mol. The number of aromatic nitrogens is 2. The number of rotatable bonds is 8. The van der Waals surface area contributed by atoms with Crippen molar-refractivity contribution in [1.29, 1.82) is 0 Å². The first-order valence-corrected chi connectivity index (χ1v) is 10.1. The lowest BCUT2D eigenvalue weighted by molar-refractivity contribution is 0.0451. The molecule has 0 aliphatic rings. The van der Waals surface area contributed by atoms with Crippen LogP contribution in [0.1, 0.15) is 5.56 Å². The number of ether oxygens (including phenoxy) is 1. The van der Waals surface area contributed by atoms with Crippen molar-refractivity contribution in [3.05, 3.63) is 81.8 Å². The first kappa shape index (κ1) is 19.6. The van der Waals surface area contributed by atoms with Gasteiger partial charge in [-0.3, -0.25) is 0 Å². The van der Waals surface area contributed by atoms with E-state index in [4.69, 9.17) is 39.5 Å². The molecule has 0 radical (unpaired) electrons. The molecule has 1 atom stereocenters. The van der Waals surface area contributed by atoms with Gasteiger partial charge >= 0.3 is 0 Å². The van der Waals surface area contributed by atoms with Crippen LogP contribution in [-0.4, -0.2) is 21.4 Å². The van der Waals surface area contributed by atoms with E-state index in [0.29, 0.717) is 23.2 Å². The topological polar surface area (TPSA) is 27.1 Å². The molecule has 3 nitrogen and oxygen atoms in total. The summed E-state index contributed by atoms with van der Waals surface area (Å²) in [6, 6.07) is 13.3. The summed E-state index contributed by atoms with van der Waals surface area (Å²) in [5, 5.41) is 1.97. The SMILES string of the molecule is Clc1ccc(SCC(Cn2ccnc2)OCc2ccc(Cl)cc2Cl)cc1. The second-order valence-corrected chi connectivity index (χ2v) is 8.07. The van der Waals surface area contributed by atoms with E-state index in [9.17, 15) is 0 Å². The number of benzene rings is 2. The number of imidazole rings is 1. The van der Waals surface area contributed by atoms with Crippen LogP contribution in [0.4, 0.5) is 0 Å². The molecule has 0 saturated heterocycles. The Labute approximate surface area is 172 Å². The van der Waals surface area contributed by atoms with E-state index in [2.05, 4.69) is 4.98 Å². The van der Waals surface area contributed by atoms with E-state index in [0.717, 1.165) is 21.2 Å². The molecule has 0 amide bonds. The van der Waals surface area contributed by atoms with Gasteiger partial charge in [-0.2, -0.15) is 0 Å². The van der Waals surface area contributed by atoms with Gasteiger partial charge in [0.2, 0.25) is 0 Å². The molecule has 136 valence electrons. The van der Waals surface area contributed by atoms with Crippen molar-refractivity contribution >= 4 is 46.6 Å². The van der Waals surface area contributed by atoms with Gasteiger partial charge in [-0.25, -0.2) is 4.98 Å². The molecule has 0 aliphatic heterocycles. The van der Waals surface area contributed by atoms with Crippen LogP contribution < -0.4 is 0 Å². The Hall–Kier alpha value is -1.17. The molecule has 2 aromatic carbocycles. The van der Waals surface area contributed by atoms with Crippen LogP contribution in [0.25, 0.3) is 0 Å². The highest BCUT2D eigenvalue weighted by molar-refractivity contribution is 7.99. The minimum Gasteiger partial charge on any atom is -0.371 e. The molecule has 0 saturated carbocycles. The van der Waals surface area contributed by atoms with E-state index in [1.54, 1.807) is 30.4 Å². The third-order valence-corrected chi connectivity index (χ3v) is 5.70. The summed E-state index contributed by atoms with van der Waals surface area (Å²) in [5.41, 5.74) is 0.920. The van der Waals surface area contributed by atoms with Gasteiger partial charge in [0.15, 0.2) is 0 Å². The van der Waals surface area contributed by atoms with Crippen LogP contribution in [0.5, 0.6) is 0 Å². The fourth-order valence-corrected chi connectivity index (χ4v) is 3.85. The number of halogens is 3. The molecule has 0 aliphatic carbocycles. The average Bonchev–Trinajstić information content (AvgIpc) is 3.13. The Kier molecular flexibility index (Phi) is 7.29. The van der Waals surface area contributed by atoms with Gasteiger partial charge in [-0.1, -0.05) is 40.9 Å². The van der Waals surface area contributed by atoms with E-state index in [-0.39, 0.29) is 6.10 Å². The first-order chi connectivity index (χ1) is 12.6. The highest BCUT2D eigenvalue weighted by Crippen LogP contribution is 2.25. The zero-order chi connectivity index (χ0) is 18.4. The largest absolute Gasteiger partial charge is 0.371 e. The minimum atomic E-state index is -0.00313. The van der Waals surface area contributed by atoms with Crippen molar-refractivity contribution in [2.24, 2.45) is 0 Å². The zero-order valence-corrected chi connectivity index (χ0v) is 16.9.